The minimum absolute atomic E-state index is 0.329. The number of nitrogens with zero attached hydrogens (tertiary/aromatic N) is 1. The first kappa shape index (κ1) is 12.9. The first-order valence-electron chi connectivity index (χ1n) is 8.12. The second-order valence-corrected chi connectivity index (χ2v) is 6.46. The second-order valence-electron chi connectivity index (χ2n) is 6.46. The van der Waals surface area contributed by atoms with Crippen molar-refractivity contribution in [3.8, 4) is 0 Å². The van der Waals surface area contributed by atoms with Gasteiger partial charge in [-0.25, -0.2) is 0 Å². The SMILES string of the molecule is O=C1CCCCc2cn(Cc3ccc4c(c3)CCC4)cc21. The highest BCUT2D eigenvalue weighted by atomic mass is 16.1. The monoisotopic (exact) mass is 279 g/mol. The maximum atomic E-state index is 12.1. The van der Waals surface area contributed by atoms with Gasteiger partial charge in [-0.3, -0.25) is 4.79 Å². The van der Waals surface area contributed by atoms with Crippen molar-refractivity contribution >= 4 is 5.78 Å². The molecule has 0 bridgehead atoms. The summed E-state index contributed by atoms with van der Waals surface area (Å²) in [6, 6.07) is 6.89. The van der Waals surface area contributed by atoms with Gasteiger partial charge in [0.15, 0.2) is 5.78 Å². The summed E-state index contributed by atoms with van der Waals surface area (Å²) in [5.74, 6) is 0.329. The van der Waals surface area contributed by atoms with Gasteiger partial charge in [0, 0.05) is 30.9 Å². The topological polar surface area (TPSA) is 22.0 Å². The molecule has 0 saturated carbocycles. The lowest BCUT2D eigenvalue weighted by molar-refractivity contribution is 0.0982. The van der Waals surface area contributed by atoms with Crippen LogP contribution in [0.4, 0.5) is 0 Å². The fourth-order valence-corrected chi connectivity index (χ4v) is 3.77. The Morgan fingerprint density at radius 2 is 1.67 bits per heavy atom. The van der Waals surface area contributed by atoms with Crippen LogP contribution in [0.3, 0.4) is 0 Å². The van der Waals surface area contributed by atoms with E-state index in [1.807, 2.05) is 0 Å². The molecule has 2 aliphatic carbocycles. The van der Waals surface area contributed by atoms with Gasteiger partial charge in [-0.15, -0.1) is 0 Å². The number of carbonyl (C=O) groups excluding carboxylic acids is 1. The zero-order valence-corrected chi connectivity index (χ0v) is 12.4. The normalized spacial score (nSPS) is 17.4. The maximum absolute atomic E-state index is 12.1. The van der Waals surface area contributed by atoms with Gasteiger partial charge in [0.1, 0.15) is 0 Å². The van der Waals surface area contributed by atoms with Gasteiger partial charge >= 0.3 is 0 Å². The Kier molecular flexibility index (Phi) is 3.17. The van der Waals surface area contributed by atoms with Crippen LogP contribution in [-0.2, 0) is 25.8 Å². The van der Waals surface area contributed by atoms with Gasteiger partial charge in [-0.05, 0) is 60.8 Å². The molecule has 1 heterocycles. The molecule has 0 atom stereocenters. The number of hydrogen-bond acceptors (Lipinski definition) is 1. The van der Waals surface area contributed by atoms with Crippen LogP contribution in [0.5, 0.6) is 0 Å². The van der Waals surface area contributed by atoms with Crippen molar-refractivity contribution in [3.63, 3.8) is 0 Å². The predicted octanol–water partition coefficient (Wildman–Crippen LogP) is 3.93. The summed E-state index contributed by atoms with van der Waals surface area (Å²) in [7, 11) is 0. The standard InChI is InChI=1S/C19H21NO/c21-19-7-2-1-4-17-12-20(13-18(17)19)11-14-8-9-15-5-3-6-16(15)10-14/h8-10,12-13H,1-7,11H2. The van der Waals surface area contributed by atoms with E-state index in [2.05, 4.69) is 35.2 Å². The highest BCUT2D eigenvalue weighted by Crippen LogP contribution is 2.25. The van der Waals surface area contributed by atoms with Crippen LogP contribution in [-0.4, -0.2) is 10.4 Å². The van der Waals surface area contributed by atoms with Crippen LogP contribution in [0.15, 0.2) is 30.6 Å². The van der Waals surface area contributed by atoms with E-state index in [1.165, 1.54) is 41.5 Å². The first-order valence-corrected chi connectivity index (χ1v) is 8.12. The number of fused-ring (bicyclic) bond motifs is 2. The Morgan fingerprint density at radius 1 is 0.857 bits per heavy atom. The molecule has 4 rings (SSSR count). The molecule has 2 heteroatoms. The van der Waals surface area contributed by atoms with Crippen molar-refractivity contribution in [1.82, 2.24) is 4.57 Å². The summed E-state index contributed by atoms with van der Waals surface area (Å²) in [6.45, 7) is 0.882. The molecule has 0 saturated heterocycles. The summed E-state index contributed by atoms with van der Waals surface area (Å²) in [5, 5.41) is 0. The minimum atomic E-state index is 0.329. The maximum Gasteiger partial charge on any atom is 0.164 e. The molecule has 2 aromatic rings. The molecule has 1 aromatic heterocycles. The number of benzene rings is 1. The van der Waals surface area contributed by atoms with Gasteiger partial charge < -0.3 is 4.57 Å². The van der Waals surface area contributed by atoms with Crippen molar-refractivity contribution in [2.24, 2.45) is 0 Å². The van der Waals surface area contributed by atoms with E-state index in [4.69, 9.17) is 0 Å². The number of ketones is 1. The molecule has 108 valence electrons. The van der Waals surface area contributed by atoms with Crippen LogP contribution in [0.1, 0.15) is 58.3 Å². The molecule has 0 amide bonds. The fourth-order valence-electron chi connectivity index (χ4n) is 3.77. The van der Waals surface area contributed by atoms with Gasteiger partial charge in [-0.1, -0.05) is 18.2 Å². The lowest BCUT2D eigenvalue weighted by atomic mass is 10.1. The van der Waals surface area contributed by atoms with E-state index < -0.39 is 0 Å². The van der Waals surface area contributed by atoms with Crippen molar-refractivity contribution in [1.29, 1.82) is 0 Å². The molecule has 21 heavy (non-hydrogen) atoms. The van der Waals surface area contributed by atoms with E-state index in [0.29, 0.717) is 5.78 Å². The lowest BCUT2D eigenvalue weighted by Gasteiger charge is -2.06. The molecule has 0 N–H and O–H groups in total. The van der Waals surface area contributed by atoms with E-state index in [0.717, 1.165) is 37.8 Å². The fraction of sp³-hybridized carbons (Fsp3) is 0.421. The third kappa shape index (κ3) is 2.44. The lowest BCUT2D eigenvalue weighted by Crippen LogP contribution is -1.99. The Bertz CT molecular complexity index is 696. The Labute approximate surface area is 125 Å². The summed E-state index contributed by atoms with van der Waals surface area (Å²) in [4.78, 5) is 12.1. The molecule has 2 nitrogen and oxygen atoms in total. The summed E-state index contributed by atoms with van der Waals surface area (Å²) < 4.78 is 2.20. The summed E-state index contributed by atoms with van der Waals surface area (Å²) >= 11 is 0. The molecule has 2 aliphatic rings. The van der Waals surface area contributed by atoms with Gasteiger partial charge in [0.05, 0.1) is 0 Å². The van der Waals surface area contributed by atoms with Gasteiger partial charge in [-0.2, -0.15) is 0 Å². The largest absolute Gasteiger partial charge is 0.349 e. The van der Waals surface area contributed by atoms with E-state index in [-0.39, 0.29) is 0 Å². The number of Topliss-reactive ketones (excluding diaryl/α,β-unsaturated/α-hetero) is 1. The second kappa shape index (κ2) is 5.18. The van der Waals surface area contributed by atoms with Crippen LogP contribution in [0, 0.1) is 0 Å². The van der Waals surface area contributed by atoms with E-state index in [9.17, 15) is 4.79 Å². The quantitative estimate of drug-likeness (QED) is 0.763. The Morgan fingerprint density at radius 3 is 2.62 bits per heavy atom. The molecular weight excluding hydrogens is 258 g/mol. The zero-order valence-electron chi connectivity index (χ0n) is 12.4. The number of rotatable bonds is 2. The van der Waals surface area contributed by atoms with Crippen molar-refractivity contribution < 1.29 is 4.79 Å². The van der Waals surface area contributed by atoms with Crippen LogP contribution < -0.4 is 0 Å². The van der Waals surface area contributed by atoms with Crippen molar-refractivity contribution in [2.75, 3.05) is 0 Å². The molecule has 0 fully saturated rings. The van der Waals surface area contributed by atoms with Crippen LogP contribution >= 0.6 is 0 Å². The molecule has 0 spiro atoms. The molecule has 0 radical (unpaired) electrons. The Balaban J connectivity index is 1.60. The van der Waals surface area contributed by atoms with Gasteiger partial charge in [0.2, 0.25) is 0 Å². The highest BCUT2D eigenvalue weighted by Gasteiger charge is 2.18. The van der Waals surface area contributed by atoms with Crippen molar-refractivity contribution in [2.45, 2.75) is 51.5 Å². The third-order valence-electron chi connectivity index (χ3n) is 4.89. The average Bonchev–Trinajstić information content (AvgIpc) is 3.06. The number of aromatic nitrogens is 1. The van der Waals surface area contributed by atoms with Crippen molar-refractivity contribution in [3.05, 3.63) is 58.4 Å². The summed E-state index contributed by atoms with van der Waals surface area (Å²) in [6.07, 6.45) is 12.0. The third-order valence-corrected chi connectivity index (χ3v) is 4.89. The highest BCUT2D eigenvalue weighted by molar-refractivity contribution is 5.97. The Hall–Kier alpha value is -1.83. The van der Waals surface area contributed by atoms with Crippen LogP contribution in [0.2, 0.25) is 0 Å². The number of hydrogen-bond donors (Lipinski definition) is 0. The number of carbonyl (C=O) groups is 1. The molecule has 0 aliphatic heterocycles. The van der Waals surface area contributed by atoms with Gasteiger partial charge in [0.25, 0.3) is 0 Å². The predicted molar refractivity (Wildman–Crippen MR) is 83.9 cm³/mol. The van der Waals surface area contributed by atoms with Crippen LogP contribution in [0.25, 0.3) is 0 Å². The molecule has 0 unspecified atom stereocenters. The summed E-state index contributed by atoms with van der Waals surface area (Å²) in [5.41, 5.74) is 6.62. The number of aryl methyl sites for hydroxylation is 3. The zero-order chi connectivity index (χ0) is 14.2. The molecular formula is C19H21NO. The average molecular weight is 279 g/mol. The minimum Gasteiger partial charge on any atom is -0.349 e. The first-order chi connectivity index (χ1) is 10.3. The smallest absolute Gasteiger partial charge is 0.164 e. The molecule has 1 aromatic carbocycles. The van der Waals surface area contributed by atoms with E-state index >= 15 is 0 Å². The van der Waals surface area contributed by atoms with E-state index in [1.54, 1.807) is 0 Å².